The van der Waals surface area contributed by atoms with Gasteiger partial charge in [0, 0.05) is 23.9 Å². The Morgan fingerprint density at radius 2 is 2.12 bits per heavy atom. The topological polar surface area (TPSA) is 137 Å². The van der Waals surface area contributed by atoms with Gasteiger partial charge in [0.25, 0.3) is 0 Å². The molecule has 2 aliphatic rings. The number of Topliss-reactive ketones (excluding diaryl/α,β-unsaturated/α-hetero) is 1. The number of aliphatic imine (C=N–C) groups is 1. The number of benzene rings is 1. The van der Waals surface area contributed by atoms with Gasteiger partial charge < -0.3 is 25.4 Å². The van der Waals surface area contributed by atoms with Crippen molar-refractivity contribution >= 4 is 29.1 Å². The van der Waals surface area contributed by atoms with Crippen LogP contribution in [0.1, 0.15) is 29.4 Å². The first-order chi connectivity index (χ1) is 16.3. The minimum atomic E-state index is -1.46. The van der Waals surface area contributed by atoms with E-state index in [1.165, 1.54) is 14.2 Å². The van der Waals surface area contributed by atoms with E-state index in [9.17, 15) is 9.59 Å². The summed E-state index contributed by atoms with van der Waals surface area (Å²) < 4.78 is 17.2. The second-order valence-corrected chi connectivity index (χ2v) is 8.26. The zero-order chi connectivity index (χ0) is 24.5. The first-order valence-corrected chi connectivity index (χ1v) is 10.8. The Labute approximate surface area is 201 Å². The van der Waals surface area contributed by atoms with Crippen molar-refractivity contribution in [3.63, 3.8) is 0 Å². The SMILES string of the molecule is COc1cc(OC)c2c(c1Cl)O[C@]1(C2=O)C(=NCc2ccccn2)C=C(NNC(N)=O)C[C@H]1C. The lowest BCUT2D eigenvalue weighted by atomic mass is 9.73. The van der Waals surface area contributed by atoms with E-state index >= 15 is 0 Å². The van der Waals surface area contributed by atoms with Crippen LogP contribution in [0.15, 0.2) is 47.2 Å². The maximum absolute atomic E-state index is 14.0. The number of fused-ring (bicyclic) bond motifs is 1. The molecule has 1 aliphatic carbocycles. The Morgan fingerprint density at radius 3 is 2.76 bits per heavy atom. The van der Waals surface area contributed by atoms with Crippen LogP contribution in [0.5, 0.6) is 17.2 Å². The lowest BCUT2D eigenvalue weighted by Crippen LogP contribution is -2.56. The molecule has 2 atom stereocenters. The molecule has 1 aromatic carbocycles. The molecular formula is C23H24ClN5O5. The molecule has 4 rings (SSSR count). The van der Waals surface area contributed by atoms with Crippen molar-refractivity contribution < 1.29 is 23.8 Å². The van der Waals surface area contributed by atoms with E-state index in [-0.39, 0.29) is 34.4 Å². The number of carbonyl (C=O) groups excluding carboxylic acids is 2. The van der Waals surface area contributed by atoms with Crippen LogP contribution in [0.25, 0.3) is 0 Å². The fourth-order valence-corrected chi connectivity index (χ4v) is 4.47. The van der Waals surface area contributed by atoms with Crippen molar-refractivity contribution in [2.45, 2.75) is 25.5 Å². The number of ketones is 1. The van der Waals surface area contributed by atoms with E-state index in [0.717, 1.165) is 0 Å². The number of aromatic nitrogens is 1. The Morgan fingerprint density at radius 1 is 1.35 bits per heavy atom. The van der Waals surface area contributed by atoms with Crippen LogP contribution in [-0.4, -0.2) is 42.3 Å². The van der Waals surface area contributed by atoms with E-state index in [0.29, 0.717) is 29.3 Å². The summed E-state index contributed by atoms with van der Waals surface area (Å²) >= 11 is 6.54. The standard InChI is InChI=1S/C23H24ClN5O5/c1-12-8-14(28-29-22(25)31)9-17(27-11-13-6-4-5-7-26-13)23(12)21(30)18-15(32-2)10-16(33-3)19(24)20(18)34-23/h4-7,9-10,12,28H,8,11H2,1-3H3,(H3,25,29,31)/t12-,23+/m1/s1. The molecule has 1 aromatic heterocycles. The third-order valence-corrected chi connectivity index (χ3v) is 6.17. The number of primary amides is 1. The number of nitrogens with two attached hydrogens (primary N) is 1. The molecule has 1 spiro atoms. The van der Waals surface area contributed by atoms with E-state index < -0.39 is 17.6 Å². The molecule has 2 amide bonds. The summed E-state index contributed by atoms with van der Waals surface area (Å²) in [6.45, 7) is 2.06. The van der Waals surface area contributed by atoms with E-state index in [2.05, 4.69) is 15.8 Å². The molecule has 34 heavy (non-hydrogen) atoms. The number of allylic oxidation sites excluding steroid dienone is 1. The van der Waals surface area contributed by atoms with Gasteiger partial charge in [-0.05, 0) is 24.6 Å². The molecular weight excluding hydrogens is 462 g/mol. The summed E-state index contributed by atoms with van der Waals surface area (Å²) in [5, 5.41) is 0.170. The Balaban J connectivity index is 1.84. The largest absolute Gasteiger partial charge is 0.496 e. The zero-order valence-electron chi connectivity index (χ0n) is 18.8. The van der Waals surface area contributed by atoms with Gasteiger partial charge in [-0.1, -0.05) is 24.6 Å². The van der Waals surface area contributed by atoms with Gasteiger partial charge in [0.1, 0.15) is 22.1 Å². The highest BCUT2D eigenvalue weighted by atomic mass is 35.5. The number of hydrogen-bond acceptors (Lipinski definition) is 8. The number of urea groups is 1. The molecule has 2 aromatic rings. The molecule has 10 nitrogen and oxygen atoms in total. The lowest BCUT2D eigenvalue weighted by Gasteiger charge is -2.37. The number of rotatable bonds is 6. The predicted molar refractivity (Wildman–Crippen MR) is 125 cm³/mol. The third kappa shape index (κ3) is 3.90. The number of hydrogen-bond donors (Lipinski definition) is 3. The van der Waals surface area contributed by atoms with Crippen molar-refractivity contribution in [3.05, 3.63) is 58.5 Å². The van der Waals surface area contributed by atoms with Gasteiger partial charge >= 0.3 is 6.03 Å². The summed E-state index contributed by atoms with van der Waals surface area (Å²) in [4.78, 5) is 34.2. The summed E-state index contributed by atoms with van der Waals surface area (Å²) in [6.07, 6.45) is 3.69. The minimum Gasteiger partial charge on any atom is -0.496 e. The quantitative estimate of drug-likeness (QED) is 0.535. The van der Waals surface area contributed by atoms with Crippen molar-refractivity contribution in [1.82, 2.24) is 15.8 Å². The average Bonchev–Trinajstić information content (AvgIpc) is 3.14. The van der Waals surface area contributed by atoms with Crippen molar-refractivity contribution in [3.8, 4) is 17.2 Å². The zero-order valence-corrected chi connectivity index (χ0v) is 19.6. The Bertz CT molecular complexity index is 1200. The second-order valence-electron chi connectivity index (χ2n) is 7.88. The molecule has 178 valence electrons. The molecule has 0 unspecified atom stereocenters. The monoisotopic (exact) mass is 485 g/mol. The fraction of sp³-hybridized carbons (Fsp3) is 0.304. The van der Waals surface area contributed by atoms with Crippen molar-refractivity contribution in [2.24, 2.45) is 16.6 Å². The first kappa shape index (κ1) is 23.4. The van der Waals surface area contributed by atoms with E-state index in [1.54, 1.807) is 24.4 Å². The molecule has 1 aliphatic heterocycles. The fourth-order valence-electron chi connectivity index (χ4n) is 4.20. The predicted octanol–water partition coefficient (Wildman–Crippen LogP) is 2.80. The number of nitrogens with one attached hydrogen (secondary N) is 2. The van der Waals surface area contributed by atoms with Gasteiger partial charge in [-0.25, -0.2) is 4.79 Å². The van der Waals surface area contributed by atoms with Gasteiger partial charge in [-0.2, -0.15) is 0 Å². The highest BCUT2D eigenvalue weighted by Gasteiger charge is 2.58. The van der Waals surface area contributed by atoms with Gasteiger partial charge in [0.05, 0.1) is 32.2 Å². The van der Waals surface area contributed by atoms with Gasteiger partial charge in [0.2, 0.25) is 11.4 Å². The van der Waals surface area contributed by atoms with Crippen LogP contribution in [0.2, 0.25) is 5.02 Å². The van der Waals surface area contributed by atoms with Crippen LogP contribution < -0.4 is 30.8 Å². The smallest absolute Gasteiger partial charge is 0.330 e. The summed E-state index contributed by atoms with van der Waals surface area (Å²) in [7, 11) is 2.92. The number of amides is 2. The number of pyridine rings is 1. The number of halogens is 1. The Kier molecular flexibility index (Phi) is 6.34. The molecule has 11 heteroatoms. The average molecular weight is 486 g/mol. The molecule has 0 saturated carbocycles. The molecule has 4 N–H and O–H groups in total. The highest BCUT2D eigenvalue weighted by Crippen LogP contribution is 2.53. The first-order valence-electron chi connectivity index (χ1n) is 10.5. The Hall–Kier alpha value is -3.79. The van der Waals surface area contributed by atoms with Gasteiger partial charge in [0.15, 0.2) is 5.75 Å². The van der Waals surface area contributed by atoms with Crippen LogP contribution in [-0.2, 0) is 6.54 Å². The minimum absolute atomic E-state index is 0.170. The summed E-state index contributed by atoms with van der Waals surface area (Å²) in [5.74, 6) is 0.0669. The molecule has 0 bridgehead atoms. The molecule has 2 heterocycles. The number of ether oxygens (including phenoxy) is 3. The normalized spacial score (nSPS) is 22.1. The number of methoxy groups -OCH3 is 2. The van der Waals surface area contributed by atoms with E-state index in [1.807, 2.05) is 19.1 Å². The lowest BCUT2D eigenvalue weighted by molar-refractivity contribution is 0.0601. The number of hydrazine groups is 1. The van der Waals surface area contributed by atoms with Crippen molar-refractivity contribution in [1.29, 1.82) is 0 Å². The highest BCUT2D eigenvalue weighted by molar-refractivity contribution is 6.36. The summed E-state index contributed by atoms with van der Waals surface area (Å²) in [6, 6.07) is 6.30. The van der Waals surface area contributed by atoms with Gasteiger partial charge in [-0.3, -0.25) is 20.2 Å². The van der Waals surface area contributed by atoms with Crippen LogP contribution in [0, 0.1) is 5.92 Å². The van der Waals surface area contributed by atoms with Crippen LogP contribution in [0.4, 0.5) is 4.79 Å². The van der Waals surface area contributed by atoms with E-state index in [4.69, 9.17) is 36.5 Å². The van der Waals surface area contributed by atoms with Crippen molar-refractivity contribution in [2.75, 3.05) is 14.2 Å². The third-order valence-electron chi connectivity index (χ3n) is 5.81. The molecule has 0 saturated heterocycles. The number of nitrogens with zero attached hydrogens (tertiary/aromatic N) is 2. The summed E-state index contributed by atoms with van der Waals surface area (Å²) in [5.41, 5.74) is 10.8. The maximum atomic E-state index is 14.0. The second kappa shape index (κ2) is 9.22. The maximum Gasteiger partial charge on any atom is 0.330 e. The van der Waals surface area contributed by atoms with Gasteiger partial charge in [-0.15, -0.1) is 0 Å². The molecule has 0 fully saturated rings. The van der Waals surface area contributed by atoms with Crippen LogP contribution in [0.3, 0.4) is 0 Å². The molecule has 0 radical (unpaired) electrons. The van der Waals surface area contributed by atoms with Crippen LogP contribution >= 0.6 is 11.6 Å². The number of carbonyl (C=O) groups is 2.